The van der Waals surface area contributed by atoms with Crippen molar-refractivity contribution in [3.8, 4) is 5.75 Å². The lowest BCUT2D eigenvalue weighted by atomic mass is 9.72. The normalized spacial score (nSPS) is 27.1. The van der Waals surface area contributed by atoms with Crippen molar-refractivity contribution >= 4 is 11.9 Å². The van der Waals surface area contributed by atoms with Crippen LogP contribution < -0.4 is 10.1 Å². The van der Waals surface area contributed by atoms with Gasteiger partial charge in [-0.15, -0.1) is 0 Å². The van der Waals surface area contributed by atoms with Crippen LogP contribution >= 0.6 is 0 Å². The minimum atomic E-state index is -4.52. The Morgan fingerprint density at radius 3 is 2.27 bits per heavy atom. The molecular weight excluding hydrogens is 521 g/mol. The minimum absolute atomic E-state index is 0.00249. The summed E-state index contributed by atoms with van der Waals surface area (Å²) in [4.78, 5) is 28.6. The predicted molar refractivity (Wildman–Crippen MR) is 146 cm³/mol. The maximum absolute atomic E-state index is 14.1. The van der Waals surface area contributed by atoms with Crippen molar-refractivity contribution in [2.24, 2.45) is 23.2 Å². The number of nitrogens with one attached hydrogen (secondary N) is 1. The van der Waals surface area contributed by atoms with Gasteiger partial charge in [0.05, 0.1) is 18.7 Å². The van der Waals surface area contributed by atoms with Crippen LogP contribution in [0.2, 0.25) is 0 Å². The second-order valence-electron chi connectivity index (χ2n) is 12.3. The molecule has 2 aromatic rings. The van der Waals surface area contributed by atoms with Gasteiger partial charge in [0, 0.05) is 30.0 Å². The van der Waals surface area contributed by atoms with Gasteiger partial charge in [-0.05, 0) is 54.4 Å². The van der Waals surface area contributed by atoms with E-state index < -0.39 is 47.2 Å². The largest absolute Gasteiger partial charge is 0.496 e. The molecule has 2 aromatic carbocycles. The molecule has 0 bridgehead atoms. The number of carboxylic acids is 1. The van der Waals surface area contributed by atoms with E-state index in [1.807, 2.05) is 51.1 Å². The summed E-state index contributed by atoms with van der Waals surface area (Å²) in [5.41, 5.74) is -0.255. The zero-order valence-electron chi connectivity index (χ0n) is 23.7. The van der Waals surface area contributed by atoms with Gasteiger partial charge < -0.3 is 20.1 Å². The molecule has 1 saturated heterocycles. The van der Waals surface area contributed by atoms with Crippen LogP contribution in [-0.4, -0.2) is 41.1 Å². The van der Waals surface area contributed by atoms with E-state index in [4.69, 9.17) is 4.74 Å². The summed E-state index contributed by atoms with van der Waals surface area (Å²) >= 11 is 0. The van der Waals surface area contributed by atoms with Crippen molar-refractivity contribution in [2.75, 3.05) is 7.11 Å². The van der Waals surface area contributed by atoms with Gasteiger partial charge in [0.15, 0.2) is 0 Å². The standard InChI is InChI=1S/C31H39F3N2O4/c1-18-11-12-20(15-18)28(37)36-26(19-9-7-6-8-10-19)25(24(30(2,3)4)27(36)29(38)39)35-17-21-16-22(31(32,33)34)13-14-23(21)40-5/h6-10,13-14,16,18,20,24-27,35H,11-12,15,17H2,1-5H3,(H,38,39)/t18?,20?,24-,25-,26-,27-/m0/s1. The average molecular weight is 561 g/mol. The van der Waals surface area contributed by atoms with Gasteiger partial charge in [-0.25, -0.2) is 4.79 Å². The second kappa shape index (κ2) is 11.4. The Bertz CT molecular complexity index is 1210. The Morgan fingerprint density at radius 1 is 1.07 bits per heavy atom. The van der Waals surface area contributed by atoms with Crippen LogP contribution in [0.15, 0.2) is 48.5 Å². The molecule has 6 nitrogen and oxygen atoms in total. The van der Waals surface area contributed by atoms with Gasteiger partial charge in [-0.2, -0.15) is 13.2 Å². The smallest absolute Gasteiger partial charge is 0.416 e. The van der Waals surface area contributed by atoms with Gasteiger partial charge in [0.25, 0.3) is 0 Å². The fourth-order valence-electron chi connectivity index (χ4n) is 6.69. The third-order valence-corrected chi connectivity index (χ3v) is 8.50. The monoisotopic (exact) mass is 560 g/mol. The molecule has 40 heavy (non-hydrogen) atoms. The van der Waals surface area contributed by atoms with E-state index >= 15 is 0 Å². The summed E-state index contributed by atoms with van der Waals surface area (Å²) in [6.45, 7) is 7.94. The minimum Gasteiger partial charge on any atom is -0.496 e. The highest BCUT2D eigenvalue weighted by molar-refractivity contribution is 5.87. The lowest BCUT2D eigenvalue weighted by molar-refractivity contribution is -0.154. The molecule has 1 aliphatic heterocycles. The fraction of sp³-hybridized carbons (Fsp3) is 0.548. The van der Waals surface area contributed by atoms with Crippen LogP contribution in [0, 0.1) is 23.2 Å². The molecule has 1 amide bonds. The topological polar surface area (TPSA) is 78.9 Å². The van der Waals surface area contributed by atoms with Crippen molar-refractivity contribution in [2.45, 2.75) is 77.8 Å². The maximum atomic E-state index is 14.1. The van der Waals surface area contributed by atoms with Crippen molar-refractivity contribution in [3.63, 3.8) is 0 Å². The Balaban J connectivity index is 1.81. The molecule has 2 unspecified atom stereocenters. The van der Waals surface area contributed by atoms with Crippen molar-refractivity contribution in [1.29, 1.82) is 0 Å². The zero-order valence-corrected chi connectivity index (χ0v) is 23.7. The van der Waals surface area contributed by atoms with Crippen LogP contribution in [0.3, 0.4) is 0 Å². The summed E-state index contributed by atoms with van der Waals surface area (Å²) in [6.07, 6.45) is -2.18. The number of benzene rings is 2. The van der Waals surface area contributed by atoms with Gasteiger partial charge in [0.1, 0.15) is 11.8 Å². The van der Waals surface area contributed by atoms with E-state index in [1.165, 1.54) is 13.2 Å². The van der Waals surface area contributed by atoms with Crippen LogP contribution in [0.5, 0.6) is 5.75 Å². The molecule has 0 radical (unpaired) electrons. The molecule has 2 fully saturated rings. The molecule has 0 spiro atoms. The molecule has 2 N–H and O–H groups in total. The van der Waals surface area contributed by atoms with E-state index in [9.17, 15) is 27.9 Å². The first kappa shape index (κ1) is 29.9. The number of aliphatic carboxylic acids is 1. The molecule has 2 aliphatic rings. The molecule has 4 rings (SSSR count). The summed E-state index contributed by atoms with van der Waals surface area (Å²) < 4.78 is 46.0. The lowest BCUT2D eigenvalue weighted by Gasteiger charge is -2.35. The number of rotatable bonds is 7. The Kier molecular flexibility index (Phi) is 8.54. The quantitative estimate of drug-likeness (QED) is 0.415. The van der Waals surface area contributed by atoms with Gasteiger partial charge in [0.2, 0.25) is 5.91 Å². The Hall–Kier alpha value is -3.07. The van der Waals surface area contributed by atoms with Gasteiger partial charge in [-0.3, -0.25) is 4.79 Å². The van der Waals surface area contributed by atoms with E-state index in [2.05, 4.69) is 12.2 Å². The fourth-order valence-corrected chi connectivity index (χ4v) is 6.69. The average Bonchev–Trinajstić information content (AvgIpc) is 3.48. The first-order valence-corrected chi connectivity index (χ1v) is 13.8. The van der Waals surface area contributed by atoms with Crippen LogP contribution in [0.1, 0.15) is 69.7 Å². The molecule has 1 saturated carbocycles. The van der Waals surface area contributed by atoms with Crippen molar-refractivity contribution in [1.82, 2.24) is 10.2 Å². The number of hydrogen-bond acceptors (Lipinski definition) is 4. The lowest BCUT2D eigenvalue weighted by Crippen LogP contribution is -2.49. The van der Waals surface area contributed by atoms with E-state index in [1.54, 1.807) is 4.90 Å². The SMILES string of the molecule is COc1ccc(C(F)(F)F)cc1CN[C@H]1[C@H](C(C)(C)C)[C@@H](C(=O)O)N(C(=O)C2CCC(C)C2)[C@H]1c1ccccc1. The number of nitrogens with zero attached hydrogens (tertiary/aromatic N) is 1. The molecule has 218 valence electrons. The number of likely N-dealkylation sites (tertiary alicyclic amines) is 1. The van der Waals surface area contributed by atoms with Gasteiger partial charge >= 0.3 is 12.1 Å². The first-order chi connectivity index (χ1) is 18.7. The third kappa shape index (κ3) is 5.99. The number of amides is 1. The zero-order chi connectivity index (χ0) is 29.4. The molecule has 1 aliphatic carbocycles. The second-order valence-corrected chi connectivity index (χ2v) is 12.3. The van der Waals surface area contributed by atoms with Crippen molar-refractivity contribution in [3.05, 3.63) is 65.2 Å². The molecule has 0 aromatic heterocycles. The number of carbonyl (C=O) groups is 2. The maximum Gasteiger partial charge on any atom is 0.416 e. The molecule has 1 heterocycles. The molecule has 9 heteroatoms. The highest BCUT2D eigenvalue weighted by Crippen LogP contribution is 2.50. The summed E-state index contributed by atoms with van der Waals surface area (Å²) in [6, 6.07) is 10.4. The van der Waals surface area contributed by atoms with Crippen LogP contribution in [0.25, 0.3) is 0 Å². The summed E-state index contributed by atoms with van der Waals surface area (Å²) in [5.74, 6) is -1.36. The Morgan fingerprint density at radius 2 is 1.75 bits per heavy atom. The van der Waals surface area contributed by atoms with E-state index in [0.29, 0.717) is 30.1 Å². The van der Waals surface area contributed by atoms with Crippen LogP contribution in [-0.2, 0) is 22.3 Å². The summed E-state index contributed by atoms with van der Waals surface area (Å²) in [5, 5.41) is 14.0. The van der Waals surface area contributed by atoms with Gasteiger partial charge in [-0.1, -0.05) is 58.0 Å². The predicted octanol–water partition coefficient (Wildman–Crippen LogP) is 6.31. The number of hydrogen-bond donors (Lipinski definition) is 2. The Labute approximate surface area is 233 Å². The molecular formula is C31H39F3N2O4. The molecule has 6 atom stereocenters. The number of alkyl halides is 3. The number of methoxy groups -OCH3 is 1. The number of halogens is 3. The van der Waals surface area contributed by atoms with Crippen LogP contribution in [0.4, 0.5) is 13.2 Å². The number of carboxylic acid groups (broad SMARTS) is 1. The third-order valence-electron chi connectivity index (χ3n) is 8.50. The van der Waals surface area contributed by atoms with Crippen molar-refractivity contribution < 1.29 is 32.6 Å². The highest BCUT2D eigenvalue weighted by atomic mass is 19.4. The van der Waals surface area contributed by atoms with E-state index in [0.717, 1.165) is 24.1 Å². The van der Waals surface area contributed by atoms with E-state index in [-0.39, 0.29) is 18.4 Å². The first-order valence-electron chi connectivity index (χ1n) is 13.8. The highest BCUT2D eigenvalue weighted by Gasteiger charge is 2.58. The summed E-state index contributed by atoms with van der Waals surface area (Å²) in [7, 11) is 1.40. The number of ether oxygens (including phenoxy) is 1. The number of carbonyl (C=O) groups excluding carboxylic acids is 1.